The van der Waals surface area contributed by atoms with Crippen molar-refractivity contribution < 1.29 is 5.21 Å². The van der Waals surface area contributed by atoms with E-state index in [4.69, 9.17) is 10.9 Å². The van der Waals surface area contributed by atoms with Crippen molar-refractivity contribution >= 4 is 11.7 Å². The summed E-state index contributed by atoms with van der Waals surface area (Å²) in [6, 6.07) is 7.90. The third-order valence-corrected chi connectivity index (χ3v) is 3.08. The number of pyridine rings is 2. The Morgan fingerprint density at radius 3 is 2.81 bits per heavy atom. The molecule has 2 heterocycles. The van der Waals surface area contributed by atoms with Gasteiger partial charge in [-0.1, -0.05) is 17.3 Å². The lowest BCUT2D eigenvalue weighted by Crippen LogP contribution is -2.28. The molecule has 0 amide bonds. The van der Waals surface area contributed by atoms with Crippen LogP contribution in [0.15, 0.2) is 48.0 Å². The Labute approximate surface area is 123 Å². The van der Waals surface area contributed by atoms with Gasteiger partial charge in [0.05, 0.1) is 0 Å². The third-order valence-electron chi connectivity index (χ3n) is 3.08. The number of nitrogens with two attached hydrogens (primary N) is 1. The maximum Gasteiger partial charge on any atom is 0.140 e. The van der Waals surface area contributed by atoms with Crippen LogP contribution in [0.1, 0.15) is 17.5 Å². The lowest BCUT2D eigenvalue weighted by molar-refractivity contribution is 0.317. The van der Waals surface area contributed by atoms with E-state index in [0.29, 0.717) is 19.5 Å². The highest BCUT2D eigenvalue weighted by Gasteiger charge is 2.10. The van der Waals surface area contributed by atoms with Gasteiger partial charge in [0, 0.05) is 38.1 Å². The minimum Gasteiger partial charge on any atom is -0.409 e. The molecule has 6 heteroatoms. The molecule has 0 bridgehead atoms. The highest BCUT2D eigenvalue weighted by Crippen LogP contribution is 2.15. The van der Waals surface area contributed by atoms with Crippen molar-refractivity contribution in [2.24, 2.45) is 10.9 Å². The van der Waals surface area contributed by atoms with Crippen LogP contribution in [0.4, 0.5) is 5.82 Å². The normalized spacial score (nSPS) is 11.4. The number of aryl methyl sites for hydroxylation is 1. The van der Waals surface area contributed by atoms with Crippen LogP contribution in [0, 0.1) is 6.92 Å². The third kappa shape index (κ3) is 4.45. The summed E-state index contributed by atoms with van der Waals surface area (Å²) in [5.74, 6) is 1.06. The van der Waals surface area contributed by atoms with Crippen molar-refractivity contribution in [2.75, 3.05) is 11.4 Å². The zero-order valence-corrected chi connectivity index (χ0v) is 12.0. The van der Waals surface area contributed by atoms with Gasteiger partial charge in [-0.3, -0.25) is 4.98 Å². The summed E-state index contributed by atoms with van der Waals surface area (Å²) in [5, 5.41) is 11.7. The van der Waals surface area contributed by atoms with E-state index >= 15 is 0 Å². The van der Waals surface area contributed by atoms with Crippen molar-refractivity contribution in [3.8, 4) is 0 Å². The van der Waals surface area contributed by atoms with Crippen LogP contribution in [0.3, 0.4) is 0 Å². The molecule has 0 aliphatic heterocycles. The molecular formula is C15H19N5O. The first-order chi connectivity index (χ1) is 10.2. The quantitative estimate of drug-likeness (QED) is 0.366. The Kier molecular flexibility index (Phi) is 5.09. The van der Waals surface area contributed by atoms with Gasteiger partial charge in [0.15, 0.2) is 0 Å². The van der Waals surface area contributed by atoms with Crippen LogP contribution in [-0.2, 0) is 6.54 Å². The van der Waals surface area contributed by atoms with Crippen molar-refractivity contribution in [3.05, 3.63) is 54.0 Å². The van der Waals surface area contributed by atoms with Crippen LogP contribution in [-0.4, -0.2) is 27.6 Å². The standard InChI is InChI=1S/C15H19N5O/c1-12-4-5-15(18-9-12)20(8-6-14(16)19-21)11-13-3-2-7-17-10-13/h2-5,7,9-10,21H,6,8,11H2,1H3,(H2,16,19). The zero-order chi connectivity index (χ0) is 15.1. The monoisotopic (exact) mass is 285 g/mol. The lowest BCUT2D eigenvalue weighted by atomic mass is 10.2. The predicted octanol–water partition coefficient (Wildman–Crippen LogP) is 1.93. The van der Waals surface area contributed by atoms with Crippen molar-refractivity contribution in [3.63, 3.8) is 0 Å². The van der Waals surface area contributed by atoms with E-state index in [1.165, 1.54) is 0 Å². The van der Waals surface area contributed by atoms with Crippen LogP contribution in [0.2, 0.25) is 0 Å². The number of amidine groups is 1. The second-order valence-corrected chi connectivity index (χ2v) is 4.82. The van der Waals surface area contributed by atoms with Gasteiger partial charge in [-0.15, -0.1) is 0 Å². The molecule has 0 aromatic carbocycles. The van der Waals surface area contributed by atoms with E-state index in [2.05, 4.69) is 20.0 Å². The minimum atomic E-state index is 0.207. The highest BCUT2D eigenvalue weighted by atomic mass is 16.4. The first-order valence-electron chi connectivity index (χ1n) is 6.72. The van der Waals surface area contributed by atoms with Gasteiger partial charge >= 0.3 is 0 Å². The summed E-state index contributed by atoms with van der Waals surface area (Å²) in [7, 11) is 0. The Bertz CT molecular complexity index is 583. The summed E-state index contributed by atoms with van der Waals surface area (Å²) < 4.78 is 0. The van der Waals surface area contributed by atoms with Crippen LogP contribution in [0.5, 0.6) is 0 Å². The number of rotatable bonds is 6. The van der Waals surface area contributed by atoms with Crippen molar-refractivity contribution in [1.82, 2.24) is 9.97 Å². The second kappa shape index (κ2) is 7.23. The summed E-state index contributed by atoms with van der Waals surface area (Å²) in [6.07, 6.45) is 5.86. The topological polar surface area (TPSA) is 87.6 Å². The molecule has 0 unspecified atom stereocenters. The van der Waals surface area contributed by atoms with E-state index in [9.17, 15) is 0 Å². The molecule has 6 nitrogen and oxygen atoms in total. The molecule has 0 atom stereocenters. The number of oxime groups is 1. The summed E-state index contributed by atoms with van der Waals surface area (Å²) in [4.78, 5) is 10.6. The molecule has 3 N–H and O–H groups in total. The van der Waals surface area contributed by atoms with E-state index < -0.39 is 0 Å². The van der Waals surface area contributed by atoms with Gasteiger partial charge in [-0.25, -0.2) is 4.98 Å². The SMILES string of the molecule is Cc1ccc(N(CC/C(N)=N/O)Cc2cccnc2)nc1. The molecule has 110 valence electrons. The molecule has 0 radical (unpaired) electrons. The first-order valence-corrected chi connectivity index (χ1v) is 6.72. The van der Waals surface area contributed by atoms with Gasteiger partial charge in [-0.05, 0) is 30.2 Å². The summed E-state index contributed by atoms with van der Waals surface area (Å²) in [6.45, 7) is 3.28. The molecule has 0 aliphatic rings. The Balaban J connectivity index is 2.15. The molecular weight excluding hydrogens is 266 g/mol. The molecule has 0 spiro atoms. The second-order valence-electron chi connectivity index (χ2n) is 4.82. The maximum atomic E-state index is 8.66. The lowest BCUT2D eigenvalue weighted by Gasteiger charge is -2.23. The fourth-order valence-corrected chi connectivity index (χ4v) is 1.93. The van der Waals surface area contributed by atoms with Crippen molar-refractivity contribution in [1.29, 1.82) is 0 Å². The Hall–Kier alpha value is -2.63. The fourth-order valence-electron chi connectivity index (χ4n) is 1.93. The van der Waals surface area contributed by atoms with Crippen LogP contribution < -0.4 is 10.6 Å². The molecule has 0 saturated heterocycles. The number of aromatic nitrogens is 2. The van der Waals surface area contributed by atoms with E-state index in [1.54, 1.807) is 6.20 Å². The Morgan fingerprint density at radius 2 is 2.19 bits per heavy atom. The van der Waals surface area contributed by atoms with E-state index in [-0.39, 0.29) is 5.84 Å². The van der Waals surface area contributed by atoms with Crippen LogP contribution >= 0.6 is 0 Å². The molecule has 21 heavy (non-hydrogen) atoms. The largest absolute Gasteiger partial charge is 0.409 e. The molecule has 2 aromatic rings. The molecule has 2 rings (SSSR count). The average Bonchev–Trinajstić information content (AvgIpc) is 2.53. The fraction of sp³-hybridized carbons (Fsp3) is 0.267. The minimum absolute atomic E-state index is 0.207. The molecule has 2 aromatic heterocycles. The number of hydrogen-bond acceptors (Lipinski definition) is 5. The summed E-state index contributed by atoms with van der Waals surface area (Å²) >= 11 is 0. The van der Waals surface area contributed by atoms with Gasteiger partial charge in [-0.2, -0.15) is 0 Å². The van der Waals surface area contributed by atoms with E-state index in [0.717, 1.165) is 16.9 Å². The van der Waals surface area contributed by atoms with E-state index in [1.807, 2.05) is 43.6 Å². The average molecular weight is 285 g/mol. The first kappa shape index (κ1) is 14.8. The van der Waals surface area contributed by atoms with Gasteiger partial charge in [0.2, 0.25) is 0 Å². The van der Waals surface area contributed by atoms with Crippen LogP contribution in [0.25, 0.3) is 0 Å². The molecule has 0 aliphatic carbocycles. The highest BCUT2D eigenvalue weighted by molar-refractivity contribution is 5.80. The van der Waals surface area contributed by atoms with Gasteiger partial charge in [0.1, 0.15) is 11.7 Å². The number of nitrogens with zero attached hydrogens (tertiary/aromatic N) is 4. The number of anilines is 1. The molecule has 0 saturated carbocycles. The smallest absolute Gasteiger partial charge is 0.140 e. The van der Waals surface area contributed by atoms with Crippen molar-refractivity contribution in [2.45, 2.75) is 19.9 Å². The predicted molar refractivity (Wildman–Crippen MR) is 82.3 cm³/mol. The number of hydrogen-bond donors (Lipinski definition) is 2. The summed E-state index contributed by atoms with van der Waals surface area (Å²) in [5.41, 5.74) is 7.75. The zero-order valence-electron chi connectivity index (χ0n) is 12.0. The maximum absolute atomic E-state index is 8.66. The Morgan fingerprint density at radius 1 is 1.33 bits per heavy atom. The van der Waals surface area contributed by atoms with Gasteiger partial charge in [0.25, 0.3) is 0 Å². The van der Waals surface area contributed by atoms with Gasteiger partial charge < -0.3 is 15.8 Å². The molecule has 0 fully saturated rings.